The number of pyridine rings is 2. The highest BCUT2D eigenvalue weighted by atomic mass is 35.5. The monoisotopic (exact) mass is 1240 g/mol. The number of hydrogen-bond donors (Lipinski definition) is 7. The number of fused-ring (bicyclic) bond motifs is 2. The molecule has 5 heterocycles. The van der Waals surface area contributed by atoms with Gasteiger partial charge in [0.25, 0.3) is 23.6 Å². The number of carbonyl (C=O) groups excluding carboxylic acids is 4. The summed E-state index contributed by atoms with van der Waals surface area (Å²) in [5, 5.41) is 15.4. The number of halogens is 1. The minimum Gasteiger partial charge on any atom is -0.492 e. The summed E-state index contributed by atoms with van der Waals surface area (Å²) in [5.74, 6) is -0.500. The van der Waals surface area contributed by atoms with Gasteiger partial charge in [-0.3, -0.25) is 28.6 Å². The third-order valence-corrected chi connectivity index (χ3v) is 16.5. The largest absolute Gasteiger partial charge is 0.492 e. The average molecular weight is 1240 g/mol. The number of hydrazine groups is 1. The maximum Gasteiger partial charge on any atom is 0.265 e. The van der Waals surface area contributed by atoms with E-state index in [1.807, 2.05) is 58.7 Å². The van der Waals surface area contributed by atoms with E-state index in [1.54, 1.807) is 78.9 Å². The van der Waals surface area contributed by atoms with Gasteiger partial charge < -0.3 is 40.9 Å². The first kappa shape index (κ1) is 62.1. The topological polar surface area (TPSA) is 277 Å². The number of rotatable bonds is 16. The van der Waals surface area contributed by atoms with Crippen LogP contribution in [0.25, 0.3) is 20.2 Å². The maximum atomic E-state index is 13.5. The summed E-state index contributed by atoms with van der Waals surface area (Å²) in [4.78, 5) is 61.9. The third-order valence-electron chi connectivity index (χ3n) is 12.7. The molecule has 84 heavy (non-hydrogen) atoms. The predicted octanol–water partition coefficient (Wildman–Crippen LogP) is 11.3. The number of methoxy groups -OCH3 is 2. The molecule has 0 unspecified atom stereocenters. The summed E-state index contributed by atoms with van der Waals surface area (Å²) in [7, 11) is -4.42. The number of benzene rings is 4. The van der Waals surface area contributed by atoms with Gasteiger partial charge in [0.2, 0.25) is 20.0 Å². The van der Waals surface area contributed by atoms with Crippen LogP contribution in [0.2, 0.25) is 5.15 Å². The van der Waals surface area contributed by atoms with Gasteiger partial charge in [-0.05, 0) is 106 Å². The molecule has 1 saturated heterocycles. The van der Waals surface area contributed by atoms with E-state index in [0.29, 0.717) is 67.4 Å². The zero-order valence-corrected chi connectivity index (χ0v) is 51.6. The van der Waals surface area contributed by atoms with Gasteiger partial charge in [-0.2, -0.15) is 0 Å². The lowest BCUT2D eigenvalue weighted by atomic mass is 9.86. The molecule has 0 aliphatic carbocycles. The van der Waals surface area contributed by atoms with Gasteiger partial charge in [0.05, 0.1) is 104 Å². The molecular formula is C58H63ClN10O11S4. The Balaban J connectivity index is 0.000000221. The van der Waals surface area contributed by atoms with Gasteiger partial charge in [-0.25, -0.2) is 31.8 Å². The first-order valence-corrected chi connectivity index (χ1v) is 31.7. The molecular weight excluding hydrogens is 1180 g/mol. The normalized spacial score (nSPS) is 13.0. The fraction of sp³-hybridized carbons (Fsp3) is 0.276. The summed E-state index contributed by atoms with van der Waals surface area (Å²) < 4.78 is 71.0. The van der Waals surface area contributed by atoms with Crippen LogP contribution >= 0.6 is 34.3 Å². The minimum atomic E-state index is -3.62. The van der Waals surface area contributed by atoms with Crippen LogP contribution < -0.4 is 45.6 Å². The Hall–Kier alpha value is -7.91. The Morgan fingerprint density at radius 3 is 1.36 bits per heavy atom. The summed E-state index contributed by atoms with van der Waals surface area (Å²) in [6, 6.07) is 27.8. The number of carbonyl (C=O) groups is 4. The van der Waals surface area contributed by atoms with Gasteiger partial charge in [-0.1, -0.05) is 77.4 Å². The second-order valence-electron chi connectivity index (χ2n) is 21.5. The highest BCUT2D eigenvalue weighted by Crippen LogP contribution is 2.42. The molecule has 21 nitrogen and oxygen atoms in total. The van der Waals surface area contributed by atoms with E-state index < -0.39 is 31.9 Å². The molecule has 1 aliphatic rings. The molecule has 4 amide bonds. The molecule has 442 valence electrons. The van der Waals surface area contributed by atoms with E-state index in [0.717, 1.165) is 52.2 Å². The van der Waals surface area contributed by atoms with Crippen molar-refractivity contribution < 1.29 is 50.2 Å². The summed E-state index contributed by atoms with van der Waals surface area (Å²) in [6.45, 7) is 14.7. The molecule has 0 bridgehead atoms. The number of morpholine rings is 1. The van der Waals surface area contributed by atoms with Gasteiger partial charge in [0.15, 0.2) is 11.5 Å². The van der Waals surface area contributed by atoms with Crippen LogP contribution in [0.3, 0.4) is 0 Å². The summed E-state index contributed by atoms with van der Waals surface area (Å²) in [6.07, 6.45) is 5.00. The van der Waals surface area contributed by atoms with E-state index in [1.165, 1.54) is 55.4 Å². The molecule has 0 saturated carbocycles. The lowest BCUT2D eigenvalue weighted by Gasteiger charge is -2.27. The third kappa shape index (κ3) is 15.8. The molecule has 0 spiro atoms. The zero-order chi connectivity index (χ0) is 60.9. The minimum absolute atomic E-state index is 0.187. The van der Waals surface area contributed by atoms with Crippen LogP contribution in [-0.2, 0) is 35.6 Å². The van der Waals surface area contributed by atoms with Crippen LogP contribution in [0.1, 0.15) is 92.7 Å². The van der Waals surface area contributed by atoms with Crippen molar-refractivity contribution in [3.8, 4) is 11.5 Å². The molecule has 26 heteroatoms. The predicted molar refractivity (Wildman–Crippen MR) is 335 cm³/mol. The van der Waals surface area contributed by atoms with E-state index >= 15 is 0 Å². The molecule has 0 atom stereocenters. The standard InChI is InChI=1S/C31H36N6O6S2.C27H27ClN4O5S2/c1-31(2,3)21-16-23(27(42-4)24(17-21)36-45(5,40)41)34-30(39)25-15-19-7-6-8-22(28(19)44-25)33-29(38)20-9-10-26(32-18-20)35-37-11-13-43-14-12-37;1-27(2,3)17-12-19(23(37-4)20(13-17)32-39(5,35)36)31-26(34)21-11-15-7-6-8-18(24(15)38-21)30-25(33)16-9-10-22(28)29-14-16/h6-10,15-18,36H,11-14H2,1-5H3,(H,32,35)(H,33,38)(H,34,39);6-14,32H,1-5H3,(H,30,33)(H,31,34). The van der Waals surface area contributed by atoms with Crippen LogP contribution in [0, 0.1) is 0 Å². The van der Waals surface area contributed by atoms with Crippen LogP contribution in [0.5, 0.6) is 11.5 Å². The number of amides is 4. The Kier molecular flexibility index (Phi) is 18.9. The first-order valence-electron chi connectivity index (χ1n) is 25.9. The second-order valence-corrected chi connectivity index (χ2v) is 27.4. The molecule has 0 radical (unpaired) electrons. The van der Waals surface area contributed by atoms with Crippen molar-refractivity contribution in [1.82, 2.24) is 15.0 Å². The molecule has 1 fully saturated rings. The quantitative estimate of drug-likeness (QED) is 0.0443. The first-order chi connectivity index (χ1) is 39.5. The number of hydrogen-bond acceptors (Lipinski definition) is 17. The lowest BCUT2D eigenvalue weighted by molar-refractivity contribution is 0.0495. The van der Waals surface area contributed by atoms with Gasteiger partial charge in [-0.15, -0.1) is 22.7 Å². The molecule has 1 aliphatic heterocycles. The smallest absolute Gasteiger partial charge is 0.265 e. The lowest BCUT2D eigenvalue weighted by Crippen LogP contribution is -2.40. The molecule has 4 aromatic carbocycles. The highest BCUT2D eigenvalue weighted by molar-refractivity contribution is 7.92. The Morgan fingerprint density at radius 1 is 0.560 bits per heavy atom. The number of nitrogens with zero attached hydrogens (tertiary/aromatic N) is 3. The highest BCUT2D eigenvalue weighted by Gasteiger charge is 2.26. The zero-order valence-electron chi connectivity index (χ0n) is 47.6. The summed E-state index contributed by atoms with van der Waals surface area (Å²) in [5.41, 5.74) is 7.05. The number of thiophene rings is 2. The van der Waals surface area contributed by atoms with Crippen molar-refractivity contribution in [3.05, 3.63) is 147 Å². The number of ether oxygens (including phenoxy) is 3. The molecule has 9 rings (SSSR count). The van der Waals surface area contributed by atoms with Crippen molar-refractivity contribution in [2.24, 2.45) is 0 Å². The van der Waals surface area contributed by atoms with Crippen LogP contribution in [-0.4, -0.2) is 108 Å². The van der Waals surface area contributed by atoms with Gasteiger partial charge in [0.1, 0.15) is 11.0 Å². The number of aromatic nitrogens is 2. The molecule has 4 aromatic heterocycles. The Bertz CT molecular complexity index is 4030. The summed E-state index contributed by atoms with van der Waals surface area (Å²) >= 11 is 8.25. The van der Waals surface area contributed by atoms with Gasteiger partial charge in [0, 0.05) is 25.5 Å². The van der Waals surface area contributed by atoms with Crippen molar-refractivity contribution in [2.45, 2.75) is 52.4 Å². The molecule has 7 N–H and O–H groups in total. The second kappa shape index (κ2) is 25.5. The fourth-order valence-corrected chi connectivity index (χ4v) is 11.8. The number of nitrogens with one attached hydrogen (secondary N) is 7. The Labute approximate surface area is 499 Å². The molecule has 8 aromatic rings. The van der Waals surface area contributed by atoms with Crippen molar-refractivity contribution in [2.75, 3.05) is 89.2 Å². The van der Waals surface area contributed by atoms with E-state index in [2.05, 4.69) is 46.1 Å². The number of anilines is 7. The van der Waals surface area contributed by atoms with Crippen LogP contribution in [0.15, 0.2) is 109 Å². The average Bonchev–Trinajstić information content (AvgIpc) is 2.94. The van der Waals surface area contributed by atoms with E-state index in [-0.39, 0.29) is 50.7 Å². The fourth-order valence-electron chi connectivity index (χ4n) is 8.55. The van der Waals surface area contributed by atoms with Crippen LogP contribution in [0.4, 0.5) is 39.9 Å². The maximum absolute atomic E-state index is 13.5. The number of sulfonamides is 2. The van der Waals surface area contributed by atoms with Gasteiger partial charge >= 0.3 is 0 Å². The Morgan fingerprint density at radius 2 is 0.976 bits per heavy atom. The van der Waals surface area contributed by atoms with Crippen molar-refractivity contribution in [1.29, 1.82) is 0 Å². The van der Waals surface area contributed by atoms with E-state index in [4.69, 9.17) is 25.8 Å². The van der Waals surface area contributed by atoms with Crippen molar-refractivity contribution in [3.63, 3.8) is 0 Å². The SMILES string of the molecule is COc1c(NC(=O)c2cc3cccc(NC(=O)c4ccc(Cl)nc4)c3s2)cc(C(C)(C)C)cc1NS(C)(=O)=O.COc1c(NC(=O)c2cc3cccc(NC(=O)c4ccc(NN5CCOCC5)nc4)c3s2)cc(C(C)(C)C)cc1NS(C)(=O)=O. The van der Waals surface area contributed by atoms with Crippen molar-refractivity contribution >= 4 is 138 Å². The van der Waals surface area contributed by atoms with E-state index in [9.17, 15) is 36.0 Å².